The highest BCUT2D eigenvalue weighted by molar-refractivity contribution is 5.67. The van der Waals surface area contributed by atoms with E-state index in [1.165, 1.54) is 0 Å². The van der Waals surface area contributed by atoms with E-state index in [1.54, 1.807) is 12.4 Å². The molecule has 0 aliphatic heterocycles. The summed E-state index contributed by atoms with van der Waals surface area (Å²) in [6, 6.07) is 17.9. The largest absolute Gasteiger partial charge is 0.401 e. The summed E-state index contributed by atoms with van der Waals surface area (Å²) in [6.45, 7) is 4.08. The maximum atomic E-state index is 5.69. The van der Waals surface area contributed by atoms with Gasteiger partial charge < -0.3 is 14.6 Å². The Morgan fingerprint density at radius 3 is 2.38 bits per heavy atom. The van der Waals surface area contributed by atoms with Gasteiger partial charge in [-0.05, 0) is 17.7 Å². The summed E-state index contributed by atoms with van der Waals surface area (Å²) in [5, 5.41) is 11.2. The quantitative estimate of drug-likeness (QED) is 0.525. The van der Waals surface area contributed by atoms with Crippen LogP contribution in [0.5, 0.6) is 0 Å². The van der Waals surface area contributed by atoms with E-state index in [9.17, 15) is 0 Å². The third-order valence-corrected chi connectivity index (χ3v) is 4.36. The van der Waals surface area contributed by atoms with Gasteiger partial charge in [0.15, 0.2) is 0 Å². The number of rotatable bonds is 6. The van der Waals surface area contributed by atoms with Crippen LogP contribution in [0.25, 0.3) is 28.5 Å². The highest BCUT2D eigenvalue weighted by Gasteiger charge is 2.12. The second-order valence-corrected chi connectivity index (χ2v) is 6.61. The second kappa shape index (κ2) is 7.93. The lowest BCUT2D eigenvalue weighted by Gasteiger charge is -2.15. The highest BCUT2D eigenvalue weighted by Crippen LogP contribution is 2.24. The molecule has 2 aromatic heterocycles. The summed E-state index contributed by atoms with van der Waals surface area (Å²) in [5.41, 5.74) is 5.04. The summed E-state index contributed by atoms with van der Waals surface area (Å²) in [4.78, 5) is 10.9. The molecule has 0 aliphatic carbocycles. The predicted octanol–water partition coefficient (Wildman–Crippen LogP) is 4.47. The lowest BCUT2D eigenvalue weighted by atomic mass is 10.1. The van der Waals surface area contributed by atoms with Crippen LogP contribution < -0.4 is 5.32 Å². The van der Waals surface area contributed by atoms with Gasteiger partial charge in [0.2, 0.25) is 0 Å². The van der Waals surface area contributed by atoms with Crippen molar-refractivity contribution in [3.63, 3.8) is 0 Å². The minimum atomic E-state index is 0.296. The average Bonchev–Trinajstić information content (AvgIpc) is 3.22. The Morgan fingerprint density at radius 1 is 0.931 bits per heavy atom. The van der Waals surface area contributed by atoms with Crippen LogP contribution in [0.4, 0.5) is 11.7 Å². The Bertz CT molecular complexity index is 1120. The number of para-hydroxylation sites is 1. The minimum Gasteiger partial charge on any atom is -0.401 e. The van der Waals surface area contributed by atoms with Crippen LogP contribution in [0, 0.1) is 0 Å². The molecule has 0 unspecified atom stereocenters. The third kappa shape index (κ3) is 4.14. The predicted molar refractivity (Wildman–Crippen MR) is 113 cm³/mol. The number of nitrogens with one attached hydrogen (secondary N) is 1. The maximum absolute atomic E-state index is 5.69. The fourth-order valence-corrected chi connectivity index (χ4v) is 2.72. The first-order chi connectivity index (χ1) is 14.1. The highest BCUT2D eigenvalue weighted by atomic mass is 16.4. The third-order valence-electron chi connectivity index (χ3n) is 4.36. The van der Waals surface area contributed by atoms with Crippen LogP contribution in [0.1, 0.15) is 5.56 Å². The van der Waals surface area contributed by atoms with E-state index >= 15 is 0 Å². The van der Waals surface area contributed by atoms with Crippen LogP contribution in [0.15, 0.2) is 78.0 Å². The van der Waals surface area contributed by atoms with E-state index in [0.29, 0.717) is 17.6 Å². The molecule has 0 amide bonds. The summed E-state index contributed by atoms with van der Waals surface area (Å²) in [6.07, 6.45) is 3.31. The van der Waals surface area contributed by atoms with Crippen LogP contribution >= 0.6 is 0 Å². The minimum absolute atomic E-state index is 0.296. The van der Waals surface area contributed by atoms with Crippen molar-refractivity contribution in [3.05, 3.63) is 79.1 Å². The fourth-order valence-electron chi connectivity index (χ4n) is 2.72. The number of anilines is 2. The molecule has 7 heteroatoms. The van der Waals surface area contributed by atoms with Crippen molar-refractivity contribution in [3.8, 4) is 22.8 Å². The van der Waals surface area contributed by atoms with Gasteiger partial charge in [0.25, 0.3) is 5.89 Å². The number of hydrogen-bond acceptors (Lipinski definition) is 7. The SMILES string of the molecule is C=C(c1ccc(-c2cncc(-c3nnc(Nc4ccccc4)o3)n2)cc1)N(C)C. The molecule has 2 aromatic carbocycles. The first kappa shape index (κ1) is 18.4. The van der Waals surface area contributed by atoms with Crippen molar-refractivity contribution in [2.45, 2.75) is 0 Å². The Labute approximate surface area is 168 Å². The zero-order valence-electron chi connectivity index (χ0n) is 16.2. The molecule has 29 heavy (non-hydrogen) atoms. The molecule has 2 heterocycles. The lowest BCUT2D eigenvalue weighted by molar-refractivity contribution is 0.585. The molecule has 4 rings (SSSR count). The molecule has 0 spiro atoms. The van der Waals surface area contributed by atoms with Crippen LogP contribution in [0.3, 0.4) is 0 Å². The summed E-state index contributed by atoms with van der Waals surface area (Å²) in [7, 11) is 3.94. The molecule has 1 N–H and O–H groups in total. The van der Waals surface area contributed by atoms with Crippen LogP contribution in [-0.2, 0) is 0 Å². The van der Waals surface area contributed by atoms with Gasteiger partial charge >= 0.3 is 6.01 Å². The number of aromatic nitrogens is 4. The van der Waals surface area contributed by atoms with Gasteiger partial charge in [-0.25, -0.2) is 4.98 Å². The molecular weight excluding hydrogens is 364 g/mol. The van der Waals surface area contributed by atoms with Crippen molar-refractivity contribution in [2.24, 2.45) is 0 Å². The van der Waals surface area contributed by atoms with Gasteiger partial charge in [0.1, 0.15) is 5.69 Å². The van der Waals surface area contributed by atoms with E-state index in [4.69, 9.17) is 4.42 Å². The number of nitrogens with zero attached hydrogens (tertiary/aromatic N) is 5. The lowest BCUT2D eigenvalue weighted by Crippen LogP contribution is -2.08. The first-order valence-corrected chi connectivity index (χ1v) is 9.05. The molecule has 0 fully saturated rings. The van der Waals surface area contributed by atoms with Crippen molar-refractivity contribution < 1.29 is 4.42 Å². The summed E-state index contributed by atoms with van der Waals surface area (Å²) in [5.74, 6) is 0.301. The molecule has 0 aliphatic rings. The van der Waals surface area contributed by atoms with Gasteiger partial charge in [-0.3, -0.25) is 4.98 Å². The van der Waals surface area contributed by atoms with Gasteiger partial charge in [-0.2, -0.15) is 0 Å². The van der Waals surface area contributed by atoms with Gasteiger partial charge in [-0.15, -0.1) is 5.10 Å². The first-order valence-electron chi connectivity index (χ1n) is 9.05. The van der Waals surface area contributed by atoms with E-state index in [-0.39, 0.29) is 0 Å². The standard InChI is InChI=1S/C22H20N6O/c1-15(28(2)3)16-9-11-17(12-10-16)19-13-23-14-20(25-19)21-26-27-22(29-21)24-18-7-5-4-6-8-18/h4-14H,1H2,2-3H3,(H,24,27). The fraction of sp³-hybridized carbons (Fsp3) is 0.0909. The van der Waals surface area contributed by atoms with Crippen molar-refractivity contribution in [1.82, 2.24) is 25.1 Å². The van der Waals surface area contributed by atoms with E-state index in [0.717, 1.165) is 28.2 Å². The van der Waals surface area contributed by atoms with Crippen molar-refractivity contribution in [1.29, 1.82) is 0 Å². The monoisotopic (exact) mass is 384 g/mol. The van der Waals surface area contributed by atoms with Crippen molar-refractivity contribution >= 4 is 17.4 Å². The molecule has 144 valence electrons. The molecule has 0 saturated carbocycles. The Balaban J connectivity index is 1.56. The Morgan fingerprint density at radius 2 is 1.66 bits per heavy atom. The van der Waals surface area contributed by atoms with E-state index < -0.39 is 0 Å². The normalized spacial score (nSPS) is 10.6. The van der Waals surface area contributed by atoms with Crippen LogP contribution in [-0.4, -0.2) is 39.2 Å². The smallest absolute Gasteiger partial charge is 0.320 e. The number of hydrogen-bond donors (Lipinski definition) is 1. The van der Waals surface area contributed by atoms with Crippen molar-refractivity contribution in [2.75, 3.05) is 19.4 Å². The topological polar surface area (TPSA) is 80.0 Å². The van der Waals surface area contributed by atoms with Gasteiger partial charge in [0, 0.05) is 31.0 Å². The second-order valence-electron chi connectivity index (χ2n) is 6.61. The van der Waals surface area contributed by atoms with E-state index in [1.807, 2.05) is 73.6 Å². The summed E-state index contributed by atoms with van der Waals surface area (Å²) >= 11 is 0. The zero-order valence-corrected chi connectivity index (χ0v) is 16.2. The van der Waals surface area contributed by atoms with Gasteiger partial charge in [0.05, 0.1) is 18.1 Å². The van der Waals surface area contributed by atoms with Gasteiger partial charge in [-0.1, -0.05) is 54.1 Å². The molecule has 0 atom stereocenters. The molecule has 0 radical (unpaired) electrons. The molecule has 4 aromatic rings. The zero-order chi connectivity index (χ0) is 20.2. The average molecular weight is 384 g/mol. The Hall–Kier alpha value is -4.00. The molecular formula is C22H20N6O. The maximum Gasteiger partial charge on any atom is 0.320 e. The number of benzene rings is 2. The van der Waals surface area contributed by atoms with E-state index in [2.05, 4.69) is 32.1 Å². The van der Waals surface area contributed by atoms with Crippen LogP contribution in [0.2, 0.25) is 0 Å². The molecule has 0 bridgehead atoms. The molecule has 7 nitrogen and oxygen atoms in total. The molecule has 0 saturated heterocycles. The summed E-state index contributed by atoms with van der Waals surface area (Å²) < 4.78 is 5.69. The Kier molecular flexibility index (Phi) is 5.03.